The van der Waals surface area contributed by atoms with E-state index in [4.69, 9.17) is 7.85 Å². The van der Waals surface area contributed by atoms with Crippen LogP contribution in [0.25, 0.3) is 10.9 Å². The fraction of sp³-hybridized carbons (Fsp3) is 0. The zero-order valence-corrected chi connectivity index (χ0v) is 5.33. The van der Waals surface area contributed by atoms with Gasteiger partial charge in [-0.25, -0.2) is 0 Å². The van der Waals surface area contributed by atoms with E-state index in [0.29, 0.717) is 0 Å². The Morgan fingerprint density at radius 3 is 3.10 bits per heavy atom. The Hall–Kier alpha value is -1.25. The quantitative estimate of drug-likeness (QED) is 0.509. The van der Waals surface area contributed by atoms with Gasteiger partial charge < -0.3 is 0 Å². The van der Waals surface area contributed by atoms with E-state index in [9.17, 15) is 0 Å². The Kier molecular flexibility index (Phi) is 1.03. The average Bonchev–Trinajstić information content (AvgIpc) is 2.36. The standard InChI is InChI=1S/C7H5BN2/c8-6-2-1-3-7-5(6)4-9-10-7/h1-4H,(H,9,10). The summed E-state index contributed by atoms with van der Waals surface area (Å²) in [4.78, 5) is 0. The maximum absolute atomic E-state index is 5.64. The van der Waals surface area contributed by atoms with Crippen LogP contribution in [0.3, 0.4) is 0 Å². The molecule has 1 N–H and O–H groups in total. The minimum absolute atomic E-state index is 0.770. The molecule has 46 valence electrons. The second kappa shape index (κ2) is 1.87. The van der Waals surface area contributed by atoms with Crippen molar-refractivity contribution in [2.24, 2.45) is 0 Å². The summed E-state index contributed by atoms with van der Waals surface area (Å²) in [6.45, 7) is 0. The van der Waals surface area contributed by atoms with E-state index in [1.807, 2.05) is 18.2 Å². The predicted molar refractivity (Wildman–Crippen MR) is 41.5 cm³/mol. The Morgan fingerprint density at radius 2 is 2.30 bits per heavy atom. The fourth-order valence-electron chi connectivity index (χ4n) is 0.991. The number of hydrogen-bond donors (Lipinski definition) is 1. The number of nitrogens with one attached hydrogen (secondary N) is 1. The summed E-state index contributed by atoms with van der Waals surface area (Å²) in [6, 6.07) is 5.70. The molecular weight excluding hydrogens is 123 g/mol. The van der Waals surface area contributed by atoms with Gasteiger partial charge in [-0.3, -0.25) is 5.10 Å². The highest BCUT2D eigenvalue weighted by molar-refractivity contribution is 6.38. The molecule has 3 heteroatoms. The van der Waals surface area contributed by atoms with Crippen molar-refractivity contribution in [1.82, 2.24) is 10.2 Å². The van der Waals surface area contributed by atoms with Gasteiger partial charge in [0.15, 0.2) is 0 Å². The van der Waals surface area contributed by atoms with E-state index in [1.165, 1.54) is 0 Å². The Bertz CT molecular complexity index is 353. The molecule has 0 atom stereocenters. The van der Waals surface area contributed by atoms with Gasteiger partial charge in [0, 0.05) is 5.39 Å². The van der Waals surface area contributed by atoms with Crippen molar-refractivity contribution >= 4 is 24.2 Å². The minimum atomic E-state index is 0.770. The summed E-state index contributed by atoms with van der Waals surface area (Å²) in [5.41, 5.74) is 1.76. The third-order valence-electron chi connectivity index (χ3n) is 1.52. The molecule has 2 rings (SSSR count). The lowest BCUT2D eigenvalue weighted by molar-refractivity contribution is 1.12. The monoisotopic (exact) mass is 128 g/mol. The largest absolute Gasteiger partial charge is 0.278 e. The van der Waals surface area contributed by atoms with Crippen LogP contribution < -0.4 is 5.46 Å². The highest BCUT2D eigenvalue weighted by Gasteiger charge is 1.94. The number of aromatic nitrogens is 2. The van der Waals surface area contributed by atoms with E-state index >= 15 is 0 Å². The molecule has 0 fully saturated rings. The Labute approximate surface area is 59.7 Å². The van der Waals surface area contributed by atoms with Crippen molar-refractivity contribution in [3.05, 3.63) is 24.4 Å². The number of aromatic amines is 1. The lowest BCUT2D eigenvalue weighted by Gasteiger charge is -1.91. The van der Waals surface area contributed by atoms with E-state index in [-0.39, 0.29) is 0 Å². The van der Waals surface area contributed by atoms with Crippen molar-refractivity contribution in [3.8, 4) is 0 Å². The molecule has 2 aromatic rings. The number of hydrogen-bond acceptors (Lipinski definition) is 1. The summed E-state index contributed by atoms with van der Waals surface area (Å²) >= 11 is 0. The average molecular weight is 128 g/mol. The minimum Gasteiger partial charge on any atom is -0.278 e. The van der Waals surface area contributed by atoms with Gasteiger partial charge in [-0.2, -0.15) is 5.10 Å². The summed E-state index contributed by atoms with van der Waals surface area (Å²) in [5, 5.41) is 7.68. The topological polar surface area (TPSA) is 28.7 Å². The van der Waals surface area contributed by atoms with Gasteiger partial charge in [0.1, 0.15) is 7.85 Å². The van der Waals surface area contributed by atoms with Crippen LogP contribution in [-0.2, 0) is 0 Å². The normalized spacial score (nSPS) is 10.4. The van der Waals surface area contributed by atoms with Gasteiger partial charge in [0.25, 0.3) is 0 Å². The highest BCUT2D eigenvalue weighted by atomic mass is 15.1. The number of benzene rings is 1. The van der Waals surface area contributed by atoms with Gasteiger partial charge in [0.05, 0.1) is 11.7 Å². The summed E-state index contributed by atoms with van der Waals surface area (Å²) in [7, 11) is 5.64. The van der Waals surface area contributed by atoms with E-state index in [1.54, 1.807) is 6.20 Å². The van der Waals surface area contributed by atoms with Crippen LogP contribution in [0.4, 0.5) is 0 Å². The molecule has 0 unspecified atom stereocenters. The molecule has 1 heterocycles. The van der Waals surface area contributed by atoms with Crippen molar-refractivity contribution in [2.45, 2.75) is 0 Å². The zero-order valence-electron chi connectivity index (χ0n) is 5.33. The van der Waals surface area contributed by atoms with Crippen LogP contribution in [0, 0.1) is 0 Å². The van der Waals surface area contributed by atoms with Crippen LogP contribution in [-0.4, -0.2) is 18.0 Å². The number of fused-ring (bicyclic) bond motifs is 1. The maximum Gasteiger partial charge on any atom is 0.114 e. The van der Waals surface area contributed by atoms with Crippen LogP contribution in [0.15, 0.2) is 24.4 Å². The van der Waals surface area contributed by atoms with Crippen molar-refractivity contribution in [3.63, 3.8) is 0 Å². The molecule has 1 aromatic carbocycles. The van der Waals surface area contributed by atoms with Crippen molar-refractivity contribution in [2.75, 3.05) is 0 Å². The molecule has 0 saturated heterocycles. The van der Waals surface area contributed by atoms with Gasteiger partial charge in [-0.05, 0) is 6.07 Å². The first-order chi connectivity index (χ1) is 4.88. The summed E-state index contributed by atoms with van der Waals surface area (Å²) in [6.07, 6.45) is 1.73. The molecule has 0 amide bonds. The number of rotatable bonds is 0. The highest BCUT2D eigenvalue weighted by Crippen LogP contribution is 2.04. The van der Waals surface area contributed by atoms with Crippen LogP contribution >= 0.6 is 0 Å². The third-order valence-corrected chi connectivity index (χ3v) is 1.52. The van der Waals surface area contributed by atoms with Gasteiger partial charge >= 0.3 is 0 Å². The lowest BCUT2D eigenvalue weighted by atomic mass is 9.93. The SMILES string of the molecule is [B]c1cccc2[nH]ncc12. The molecule has 2 nitrogen and oxygen atoms in total. The van der Waals surface area contributed by atoms with Gasteiger partial charge in [-0.1, -0.05) is 17.6 Å². The molecule has 2 radical (unpaired) electrons. The summed E-state index contributed by atoms with van der Waals surface area (Å²) in [5.74, 6) is 0. The molecule has 0 aliphatic heterocycles. The smallest absolute Gasteiger partial charge is 0.114 e. The maximum atomic E-state index is 5.64. The molecule has 0 saturated carbocycles. The van der Waals surface area contributed by atoms with E-state index < -0.39 is 0 Å². The van der Waals surface area contributed by atoms with E-state index in [0.717, 1.165) is 16.4 Å². The fourth-order valence-corrected chi connectivity index (χ4v) is 0.991. The molecule has 0 aliphatic carbocycles. The van der Waals surface area contributed by atoms with Crippen LogP contribution in [0.2, 0.25) is 0 Å². The first kappa shape index (κ1) is 5.53. The molecule has 0 bridgehead atoms. The Morgan fingerprint density at radius 1 is 1.40 bits per heavy atom. The number of nitrogens with zero attached hydrogens (tertiary/aromatic N) is 1. The molecular formula is C7H5BN2. The van der Waals surface area contributed by atoms with Crippen molar-refractivity contribution in [1.29, 1.82) is 0 Å². The van der Waals surface area contributed by atoms with Crippen LogP contribution in [0.1, 0.15) is 0 Å². The molecule has 0 aliphatic rings. The second-order valence-corrected chi connectivity index (χ2v) is 2.18. The molecule has 1 aromatic heterocycles. The second-order valence-electron chi connectivity index (χ2n) is 2.18. The number of H-pyrrole nitrogens is 1. The van der Waals surface area contributed by atoms with Crippen LogP contribution in [0.5, 0.6) is 0 Å². The summed E-state index contributed by atoms with van der Waals surface area (Å²) < 4.78 is 0. The van der Waals surface area contributed by atoms with E-state index in [2.05, 4.69) is 10.2 Å². The lowest BCUT2D eigenvalue weighted by Crippen LogP contribution is -2.00. The predicted octanol–water partition coefficient (Wildman–Crippen LogP) is 0.357. The third kappa shape index (κ3) is 0.636. The molecule has 0 spiro atoms. The molecule has 10 heavy (non-hydrogen) atoms. The van der Waals surface area contributed by atoms with Gasteiger partial charge in [-0.15, -0.1) is 0 Å². The first-order valence-corrected chi connectivity index (χ1v) is 3.05. The van der Waals surface area contributed by atoms with Crippen molar-refractivity contribution < 1.29 is 0 Å². The van der Waals surface area contributed by atoms with Gasteiger partial charge in [0.2, 0.25) is 0 Å². The Balaban J connectivity index is 2.95. The first-order valence-electron chi connectivity index (χ1n) is 3.05. The zero-order chi connectivity index (χ0) is 6.97.